The van der Waals surface area contributed by atoms with E-state index in [0.29, 0.717) is 13.0 Å². The first-order chi connectivity index (χ1) is 8.54. The van der Waals surface area contributed by atoms with E-state index in [1.165, 1.54) is 17.7 Å². The topological polar surface area (TPSA) is 46.3 Å². The fourth-order valence-corrected chi connectivity index (χ4v) is 3.56. The van der Waals surface area contributed by atoms with Crippen molar-refractivity contribution in [2.75, 3.05) is 20.1 Å². The number of rotatable bonds is 6. The van der Waals surface area contributed by atoms with E-state index in [1.807, 2.05) is 11.9 Å². The first kappa shape index (κ1) is 14.0. The minimum Gasteiger partial charge on any atom is -0.345 e. The lowest BCUT2D eigenvalue weighted by atomic mass is 10.1. The molecule has 0 spiro atoms. The van der Waals surface area contributed by atoms with Gasteiger partial charge in [0.25, 0.3) is 0 Å². The molecule has 1 aromatic heterocycles. The highest BCUT2D eigenvalue weighted by atomic mass is 79.9. The number of carbonyl (C=O) groups excluding carboxylic acids is 1. The summed E-state index contributed by atoms with van der Waals surface area (Å²) in [6.07, 6.45) is 3.75. The van der Waals surface area contributed by atoms with Crippen LogP contribution in [0.3, 0.4) is 0 Å². The maximum Gasteiger partial charge on any atom is 0.222 e. The third-order valence-electron chi connectivity index (χ3n) is 3.60. The molecule has 0 unspecified atom stereocenters. The quantitative estimate of drug-likeness (QED) is 0.871. The number of amides is 1. The van der Waals surface area contributed by atoms with Crippen LogP contribution in [0.4, 0.5) is 0 Å². The minimum absolute atomic E-state index is 0.222. The van der Waals surface area contributed by atoms with Crippen molar-refractivity contribution in [1.82, 2.24) is 4.90 Å². The van der Waals surface area contributed by atoms with Crippen molar-refractivity contribution in [2.24, 2.45) is 11.1 Å². The molecule has 1 fully saturated rings. The van der Waals surface area contributed by atoms with E-state index in [2.05, 4.69) is 27.4 Å². The van der Waals surface area contributed by atoms with Crippen molar-refractivity contribution < 1.29 is 4.79 Å². The zero-order valence-electron chi connectivity index (χ0n) is 10.6. The van der Waals surface area contributed by atoms with Crippen LogP contribution in [0.5, 0.6) is 0 Å². The Labute approximate surface area is 120 Å². The van der Waals surface area contributed by atoms with Crippen LogP contribution < -0.4 is 5.73 Å². The maximum atomic E-state index is 12.0. The predicted molar refractivity (Wildman–Crippen MR) is 78.7 cm³/mol. The van der Waals surface area contributed by atoms with Gasteiger partial charge in [-0.15, -0.1) is 11.3 Å². The second-order valence-corrected chi connectivity index (χ2v) is 7.10. The molecule has 0 saturated heterocycles. The predicted octanol–water partition coefficient (Wildman–Crippen LogP) is 2.64. The van der Waals surface area contributed by atoms with Crippen LogP contribution in [0, 0.1) is 5.41 Å². The van der Waals surface area contributed by atoms with Crippen LogP contribution in [0.2, 0.25) is 0 Å². The molecular weight excluding hydrogens is 312 g/mol. The van der Waals surface area contributed by atoms with E-state index < -0.39 is 0 Å². The summed E-state index contributed by atoms with van der Waals surface area (Å²) in [5, 5.41) is 2.05. The Morgan fingerprint density at radius 2 is 2.33 bits per heavy atom. The molecule has 1 amide bonds. The average molecular weight is 331 g/mol. The number of aryl methyl sites for hydroxylation is 1. The van der Waals surface area contributed by atoms with Crippen molar-refractivity contribution in [3.63, 3.8) is 0 Å². The number of nitrogens with two attached hydrogens (primary N) is 1. The van der Waals surface area contributed by atoms with Crippen LogP contribution in [-0.4, -0.2) is 30.9 Å². The summed E-state index contributed by atoms with van der Waals surface area (Å²) in [6.45, 7) is 1.51. The van der Waals surface area contributed by atoms with Crippen molar-refractivity contribution in [3.8, 4) is 0 Å². The molecule has 1 heterocycles. The van der Waals surface area contributed by atoms with Crippen molar-refractivity contribution in [2.45, 2.75) is 25.7 Å². The molecule has 18 heavy (non-hydrogen) atoms. The molecule has 1 aromatic rings. The fraction of sp³-hybridized carbons (Fsp3) is 0.615. The molecule has 0 radical (unpaired) electrons. The second kappa shape index (κ2) is 5.72. The van der Waals surface area contributed by atoms with Gasteiger partial charge in [-0.05, 0) is 47.8 Å². The zero-order chi connectivity index (χ0) is 13.2. The highest BCUT2D eigenvalue weighted by molar-refractivity contribution is 9.10. The summed E-state index contributed by atoms with van der Waals surface area (Å²) in [5.41, 5.74) is 5.98. The number of hydrogen-bond donors (Lipinski definition) is 1. The highest BCUT2D eigenvalue weighted by Crippen LogP contribution is 2.44. The van der Waals surface area contributed by atoms with E-state index in [-0.39, 0.29) is 11.3 Å². The summed E-state index contributed by atoms with van der Waals surface area (Å²) < 4.78 is 1.10. The van der Waals surface area contributed by atoms with E-state index in [1.54, 1.807) is 11.3 Å². The molecule has 1 aliphatic rings. The van der Waals surface area contributed by atoms with E-state index in [9.17, 15) is 4.79 Å². The van der Waals surface area contributed by atoms with Gasteiger partial charge in [-0.2, -0.15) is 0 Å². The summed E-state index contributed by atoms with van der Waals surface area (Å²) in [5.74, 6) is 0.222. The van der Waals surface area contributed by atoms with Gasteiger partial charge in [0.2, 0.25) is 5.91 Å². The highest BCUT2D eigenvalue weighted by Gasteiger charge is 2.42. The van der Waals surface area contributed by atoms with Crippen molar-refractivity contribution in [3.05, 3.63) is 20.8 Å². The van der Waals surface area contributed by atoms with Gasteiger partial charge in [0, 0.05) is 40.2 Å². The summed E-state index contributed by atoms with van der Waals surface area (Å²) in [4.78, 5) is 15.1. The number of halogens is 1. The summed E-state index contributed by atoms with van der Waals surface area (Å²) in [7, 11) is 1.89. The van der Waals surface area contributed by atoms with E-state index >= 15 is 0 Å². The number of carbonyl (C=O) groups is 1. The molecule has 100 valence electrons. The van der Waals surface area contributed by atoms with Crippen molar-refractivity contribution >= 4 is 33.2 Å². The SMILES string of the molecule is CN(CC1(CN)CC1)C(=O)CCc1cc(Br)cs1. The summed E-state index contributed by atoms with van der Waals surface area (Å²) >= 11 is 5.12. The standard InChI is InChI=1S/C13H19BrN2OS/c1-16(9-13(8-15)4-5-13)12(17)3-2-11-6-10(14)7-18-11/h6-7H,2-5,8-9,15H2,1H3. The lowest BCUT2D eigenvalue weighted by Gasteiger charge is -2.22. The van der Waals surface area contributed by atoms with Crippen LogP contribution >= 0.6 is 27.3 Å². The van der Waals surface area contributed by atoms with Crippen molar-refractivity contribution in [1.29, 1.82) is 0 Å². The Morgan fingerprint density at radius 3 is 2.83 bits per heavy atom. The smallest absolute Gasteiger partial charge is 0.222 e. The van der Waals surface area contributed by atoms with Gasteiger partial charge in [-0.1, -0.05) is 0 Å². The van der Waals surface area contributed by atoms with Gasteiger partial charge in [-0.3, -0.25) is 4.79 Å². The van der Waals surface area contributed by atoms with Gasteiger partial charge in [0.1, 0.15) is 0 Å². The van der Waals surface area contributed by atoms with Crippen LogP contribution in [-0.2, 0) is 11.2 Å². The van der Waals surface area contributed by atoms with Gasteiger partial charge in [0.15, 0.2) is 0 Å². The Hall–Kier alpha value is -0.390. The van der Waals surface area contributed by atoms with Gasteiger partial charge in [-0.25, -0.2) is 0 Å². The maximum absolute atomic E-state index is 12.0. The molecule has 2 rings (SSSR count). The molecule has 3 nitrogen and oxygen atoms in total. The van der Waals surface area contributed by atoms with E-state index in [0.717, 1.165) is 17.4 Å². The molecule has 1 aliphatic carbocycles. The van der Waals surface area contributed by atoms with Crippen LogP contribution in [0.15, 0.2) is 15.9 Å². The first-order valence-electron chi connectivity index (χ1n) is 6.22. The molecule has 0 aliphatic heterocycles. The number of thiophene rings is 1. The largest absolute Gasteiger partial charge is 0.345 e. The number of nitrogens with zero attached hydrogens (tertiary/aromatic N) is 1. The van der Waals surface area contributed by atoms with Crippen LogP contribution in [0.25, 0.3) is 0 Å². The Balaban J connectivity index is 1.77. The third kappa shape index (κ3) is 3.56. The molecular formula is C13H19BrN2OS. The Bertz CT molecular complexity index is 428. The fourth-order valence-electron chi connectivity index (χ4n) is 2.10. The summed E-state index contributed by atoms with van der Waals surface area (Å²) in [6, 6.07) is 2.08. The lowest BCUT2D eigenvalue weighted by Crippen LogP contribution is -2.35. The normalized spacial score (nSPS) is 16.6. The molecule has 1 saturated carbocycles. The number of hydrogen-bond acceptors (Lipinski definition) is 3. The van der Waals surface area contributed by atoms with E-state index in [4.69, 9.17) is 5.73 Å². The van der Waals surface area contributed by atoms with Crippen LogP contribution in [0.1, 0.15) is 24.1 Å². The van der Waals surface area contributed by atoms with Gasteiger partial charge < -0.3 is 10.6 Å². The zero-order valence-corrected chi connectivity index (χ0v) is 13.0. The molecule has 5 heteroatoms. The Morgan fingerprint density at radius 1 is 1.61 bits per heavy atom. The van der Waals surface area contributed by atoms with Gasteiger partial charge >= 0.3 is 0 Å². The monoisotopic (exact) mass is 330 g/mol. The average Bonchev–Trinajstić information content (AvgIpc) is 3.00. The second-order valence-electron chi connectivity index (χ2n) is 5.19. The van der Waals surface area contributed by atoms with Gasteiger partial charge in [0.05, 0.1) is 0 Å². The lowest BCUT2D eigenvalue weighted by molar-refractivity contribution is -0.130. The Kier molecular flexibility index (Phi) is 4.45. The third-order valence-corrected chi connectivity index (χ3v) is 5.35. The molecule has 0 atom stereocenters. The molecule has 0 aromatic carbocycles. The molecule has 2 N–H and O–H groups in total. The molecule has 0 bridgehead atoms. The minimum atomic E-state index is 0.222. The first-order valence-corrected chi connectivity index (χ1v) is 7.89.